The first-order chi connectivity index (χ1) is 19.6. The van der Waals surface area contributed by atoms with Crippen molar-refractivity contribution in [1.82, 2.24) is 14.6 Å². The number of piperazine rings is 1. The third kappa shape index (κ3) is 6.39. The average molecular weight is 610 g/mol. The van der Waals surface area contributed by atoms with Gasteiger partial charge in [0.1, 0.15) is 22.4 Å². The summed E-state index contributed by atoms with van der Waals surface area (Å²) in [6.45, 7) is 6.22. The molecule has 3 heterocycles. The molecule has 0 saturated carbocycles. The number of nitrogens with one attached hydrogen (secondary N) is 2. The Bertz CT molecular complexity index is 1500. The fraction of sp³-hybridized carbons (Fsp3) is 0.444. The minimum atomic E-state index is -4.84. The molecular formula is C27H30F3N5O6S. The van der Waals surface area contributed by atoms with Crippen LogP contribution in [0.1, 0.15) is 33.3 Å². The van der Waals surface area contributed by atoms with Gasteiger partial charge in [-0.2, -0.15) is 17.5 Å². The topological polar surface area (TPSA) is 130 Å². The summed E-state index contributed by atoms with van der Waals surface area (Å²) in [7, 11) is -3.99. The van der Waals surface area contributed by atoms with Crippen molar-refractivity contribution in [1.29, 1.82) is 0 Å². The van der Waals surface area contributed by atoms with E-state index in [1.807, 2.05) is 0 Å². The lowest BCUT2D eigenvalue weighted by Gasteiger charge is -2.40. The molecule has 1 aromatic carbocycles. The predicted molar refractivity (Wildman–Crippen MR) is 146 cm³/mol. The van der Waals surface area contributed by atoms with Crippen LogP contribution in [0.2, 0.25) is 0 Å². The Kier molecular flexibility index (Phi) is 8.34. The van der Waals surface area contributed by atoms with Gasteiger partial charge in [-0.25, -0.2) is 23.0 Å². The number of hydrogen-bond acceptors (Lipinski definition) is 8. The Hall–Kier alpha value is -4.03. The quantitative estimate of drug-likeness (QED) is 0.490. The van der Waals surface area contributed by atoms with Gasteiger partial charge in [-0.15, -0.1) is 5.92 Å². The van der Waals surface area contributed by atoms with Crippen molar-refractivity contribution in [2.45, 2.75) is 56.0 Å². The predicted octanol–water partition coefficient (Wildman–Crippen LogP) is 3.83. The van der Waals surface area contributed by atoms with E-state index in [4.69, 9.17) is 4.74 Å². The van der Waals surface area contributed by atoms with Gasteiger partial charge in [0.15, 0.2) is 0 Å². The maximum atomic E-state index is 13.9. The van der Waals surface area contributed by atoms with E-state index < -0.39 is 52.2 Å². The van der Waals surface area contributed by atoms with Gasteiger partial charge in [0.05, 0.1) is 6.54 Å². The number of amides is 2. The first-order valence-electron chi connectivity index (χ1n) is 12.8. The average Bonchev–Trinajstić information content (AvgIpc) is 3.31. The molecule has 0 aliphatic carbocycles. The van der Waals surface area contributed by atoms with Crippen LogP contribution < -0.4 is 15.5 Å². The smallest absolute Gasteiger partial charge is 0.434 e. The van der Waals surface area contributed by atoms with E-state index in [1.54, 1.807) is 32.6 Å². The zero-order chi connectivity index (χ0) is 30.9. The Balaban J connectivity index is 1.49. The molecule has 0 spiro atoms. The van der Waals surface area contributed by atoms with Gasteiger partial charge in [0.2, 0.25) is 10.0 Å². The molecule has 11 nitrogen and oxygen atoms in total. The zero-order valence-electron chi connectivity index (χ0n) is 23.3. The molecule has 2 unspecified atom stereocenters. The van der Waals surface area contributed by atoms with Crippen molar-refractivity contribution >= 4 is 33.7 Å². The third-order valence-corrected chi connectivity index (χ3v) is 8.38. The van der Waals surface area contributed by atoms with Gasteiger partial charge in [0.25, 0.3) is 5.60 Å². The number of benzene rings is 1. The molecule has 226 valence electrons. The first kappa shape index (κ1) is 30.9. The molecule has 2 amide bonds. The van der Waals surface area contributed by atoms with Gasteiger partial charge in [-0.3, -0.25) is 5.32 Å². The SMILES string of the molecule is CC#CC1CN(S(=O)(=O)c2ccc(NC(=O)OC(C)(C)C)nc2)CCN1c1ccc(C2(C(F)(F)F)CNC(=O)O2)cc1. The Morgan fingerprint density at radius 2 is 1.86 bits per heavy atom. The van der Waals surface area contributed by atoms with E-state index in [0.29, 0.717) is 5.69 Å². The summed E-state index contributed by atoms with van der Waals surface area (Å²) >= 11 is 0. The first-order valence-corrected chi connectivity index (χ1v) is 14.3. The van der Waals surface area contributed by atoms with E-state index in [9.17, 15) is 31.2 Å². The summed E-state index contributed by atoms with van der Waals surface area (Å²) in [5, 5.41) is 4.51. The van der Waals surface area contributed by atoms with E-state index in [-0.39, 0.29) is 35.9 Å². The molecule has 2 saturated heterocycles. The van der Waals surface area contributed by atoms with E-state index >= 15 is 0 Å². The lowest BCUT2D eigenvalue weighted by molar-refractivity contribution is -0.250. The fourth-order valence-corrected chi connectivity index (χ4v) is 5.95. The van der Waals surface area contributed by atoms with Gasteiger partial charge in [-0.05, 0) is 52.0 Å². The van der Waals surface area contributed by atoms with Gasteiger partial charge in [0, 0.05) is 37.1 Å². The van der Waals surface area contributed by atoms with Crippen LogP contribution in [-0.4, -0.2) is 73.9 Å². The van der Waals surface area contributed by atoms with Crippen LogP contribution in [0.4, 0.5) is 34.3 Å². The summed E-state index contributed by atoms with van der Waals surface area (Å²) in [6.07, 6.45) is -5.60. The summed E-state index contributed by atoms with van der Waals surface area (Å²) in [6, 6.07) is 7.47. The van der Waals surface area contributed by atoms with Crippen molar-refractivity contribution in [3.63, 3.8) is 0 Å². The second-order valence-electron chi connectivity index (χ2n) is 10.6. The molecule has 2 atom stereocenters. The number of anilines is 2. The number of cyclic esters (lactones) is 1. The summed E-state index contributed by atoms with van der Waals surface area (Å²) in [4.78, 5) is 29.2. The zero-order valence-corrected chi connectivity index (χ0v) is 24.1. The molecule has 42 heavy (non-hydrogen) atoms. The number of carbonyl (C=O) groups excluding carboxylic acids is 2. The number of ether oxygens (including phenoxy) is 2. The van der Waals surface area contributed by atoms with E-state index in [0.717, 1.165) is 6.20 Å². The minimum absolute atomic E-state index is 0.0170. The number of rotatable bonds is 5. The molecule has 2 fully saturated rings. The number of pyridine rings is 1. The number of aromatic nitrogens is 1. The van der Waals surface area contributed by atoms with Crippen LogP contribution >= 0.6 is 0 Å². The third-order valence-electron chi connectivity index (χ3n) is 6.53. The van der Waals surface area contributed by atoms with Crippen molar-refractivity contribution in [3.8, 4) is 11.8 Å². The van der Waals surface area contributed by atoms with E-state index in [2.05, 4.69) is 32.2 Å². The highest BCUT2D eigenvalue weighted by Gasteiger charge is 2.62. The highest BCUT2D eigenvalue weighted by molar-refractivity contribution is 7.89. The maximum Gasteiger partial charge on any atom is 0.434 e. The van der Waals surface area contributed by atoms with Crippen LogP contribution in [0.15, 0.2) is 47.5 Å². The monoisotopic (exact) mass is 609 g/mol. The standard InChI is InChI=1S/C27H30F3N5O6S/c1-5-6-20-16-34(42(38,39)21-11-12-22(31-15-21)33-24(37)40-25(2,3)4)13-14-35(20)19-9-7-18(8-10-19)26(27(28,29)30)17-32-23(36)41-26/h7-12,15,20H,13-14,16-17H2,1-4H3,(H,32,36)(H,31,33,37). The maximum absolute atomic E-state index is 13.9. The second kappa shape index (κ2) is 11.3. The van der Waals surface area contributed by atoms with Gasteiger partial charge >= 0.3 is 18.4 Å². The summed E-state index contributed by atoms with van der Waals surface area (Å²) < 4.78 is 79.6. The van der Waals surface area contributed by atoms with E-state index in [1.165, 1.54) is 40.7 Å². The molecule has 15 heteroatoms. The normalized spacial score (nSPS) is 21.5. The fourth-order valence-electron chi connectivity index (χ4n) is 4.57. The van der Waals surface area contributed by atoms with Crippen LogP contribution in [0.25, 0.3) is 0 Å². The number of halogens is 3. The lowest BCUT2D eigenvalue weighted by Crippen LogP contribution is -2.54. The van der Waals surface area contributed by atoms with Crippen LogP contribution in [0.3, 0.4) is 0 Å². The van der Waals surface area contributed by atoms with Crippen molar-refractivity contribution in [2.75, 3.05) is 36.4 Å². The molecule has 1 aromatic heterocycles. The Morgan fingerprint density at radius 1 is 1.17 bits per heavy atom. The number of nitrogens with zero attached hydrogens (tertiary/aromatic N) is 3. The number of carbonyl (C=O) groups is 2. The van der Waals surface area contributed by atoms with Crippen LogP contribution in [0.5, 0.6) is 0 Å². The van der Waals surface area contributed by atoms with Crippen LogP contribution in [-0.2, 0) is 25.1 Å². The largest absolute Gasteiger partial charge is 0.444 e. The molecule has 4 rings (SSSR count). The summed E-state index contributed by atoms with van der Waals surface area (Å²) in [5.41, 5.74) is -3.24. The lowest BCUT2D eigenvalue weighted by atomic mass is 9.93. The minimum Gasteiger partial charge on any atom is -0.444 e. The Labute approximate surface area is 241 Å². The molecule has 0 radical (unpaired) electrons. The molecular weight excluding hydrogens is 579 g/mol. The van der Waals surface area contributed by atoms with Crippen molar-refractivity contribution in [2.24, 2.45) is 0 Å². The highest BCUT2D eigenvalue weighted by atomic mass is 32.2. The van der Waals surface area contributed by atoms with Crippen molar-refractivity contribution < 1.29 is 40.7 Å². The number of alkyl halides is 3. The number of sulfonamides is 1. The summed E-state index contributed by atoms with van der Waals surface area (Å²) in [5.74, 6) is 5.87. The highest BCUT2D eigenvalue weighted by Crippen LogP contribution is 2.44. The molecule has 2 aromatic rings. The number of alkyl carbamates (subject to hydrolysis) is 1. The van der Waals surface area contributed by atoms with Gasteiger partial charge < -0.3 is 19.7 Å². The molecule has 2 aliphatic heterocycles. The number of hydrogen-bond donors (Lipinski definition) is 2. The Morgan fingerprint density at radius 3 is 2.38 bits per heavy atom. The molecule has 2 aliphatic rings. The molecule has 2 N–H and O–H groups in total. The second-order valence-corrected chi connectivity index (χ2v) is 12.5. The van der Waals surface area contributed by atoms with Crippen molar-refractivity contribution in [3.05, 3.63) is 48.2 Å². The van der Waals surface area contributed by atoms with Gasteiger partial charge in [-0.1, -0.05) is 18.1 Å². The van der Waals surface area contributed by atoms with Crippen LogP contribution in [0, 0.1) is 11.8 Å². The molecule has 0 bridgehead atoms.